The fourth-order valence-corrected chi connectivity index (χ4v) is 1.38. The van der Waals surface area contributed by atoms with Crippen molar-refractivity contribution in [3.63, 3.8) is 0 Å². The van der Waals surface area contributed by atoms with Crippen LogP contribution in [0.5, 0.6) is 0 Å². The third-order valence-corrected chi connectivity index (χ3v) is 1.99. The second-order valence-electron chi connectivity index (χ2n) is 2.81. The highest BCUT2D eigenvalue weighted by Gasteiger charge is 2.50. The van der Waals surface area contributed by atoms with Crippen LogP contribution in [0.3, 0.4) is 0 Å². The Labute approximate surface area is 72.8 Å². The molecule has 1 fully saturated rings. The van der Waals surface area contributed by atoms with Crippen LogP contribution in [0.15, 0.2) is 23.0 Å². The number of fused-ring (bicyclic) bond motifs is 2. The van der Waals surface area contributed by atoms with Crippen molar-refractivity contribution >= 4 is 17.3 Å². The first kappa shape index (κ1) is 7.72. The van der Waals surface area contributed by atoms with Crippen molar-refractivity contribution in [3.05, 3.63) is 28.6 Å². The van der Waals surface area contributed by atoms with Crippen LogP contribution < -0.4 is 0 Å². The minimum absolute atomic E-state index is 0.0648. The Bertz CT molecular complexity index is 434. The lowest BCUT2D eigenvalue weighted by atomic mass is 9.88. The van der Waals surface area contributed by atoms with Gasteiger partial charge in [0.25, 0.3) is 11.4 Å². The molecule has 2 aliphatic heterocycles. The molecule has 0 unspecified atom stereocenters. The summed E-state index contributed by atoms with van der Waals surface area (Å²) in [5.41, 5.74) is 8.62. The number of Topliss-reactive ketones (excluding diaryl/α,β-unsaturated/α-hetero) is 2. The molecular formula is C8H4N2O3. The van der Waals surface area contributed by atoms with Gasteiger partial charge in [-0.2, -0.15) is 0 Å². The second kappa shape index (κ2) is 2.07. The maximum absolute atomic E-state index is 11.1. The highest BCUT2D eigenvalue weighted by Crippen LogP contribution is 2.32. The zero-order valence-corrected chi connectivity index (χ0v) is 6.70. The van der Waals surface area contributed by atoms with Crippen LogP contribution in [0.4, 0.5) is 0 Å². The van der Waals surface area contributed by atoms with E-state index in [9.17, 15) is 14.4 Å². The molecule has 5 heteroatoms. The number of hydrogen-bond donors (Lipinski definition) is 0. The van der Waals surface area contributed by atoms with Crippen molar-refractivity contribution < 1.29 is 19.1 Å². The predicted octanol–water partition coefficient (Wildman–Crippen LogP) is -0.0871. The first-order chi connectivity index (χ1) is 6.04. The summed E-state index contributed by atoms with van der Waals surface area (Å²) in [4.78, 5) is 33.1. The molecule has 0 aromatic carbocycles. The van der Waals surface area contributed by atoms with Gasteiger partial charge in [-0.1, -0.05) is 0 Å². The molecular weight excluding hydrogens is 172 g/mol. The first-order valence-corrected chi connectivity index (χ1v) is 3.59. The summed E-state index contributed by atoms with van der Waals surface area (Å²) < 4.78 is 0.570. The molecule has 13 heavy (non-hydrogen) atoms. The Kier molecular flexibility index (Phi) is 1.23. The van der Waals surface area contributed by atoms with Gasteiger partial charge in [0.15, 0.2) is 5.78 Å². The summed E-state index contributed by atoms with van der Waals surface area (Å²) in [5, 5.41) is 0. The van der Waals surface area contributed by atoms with E-state index < -0.39 is 17.3 Å². The molecule has 0 saturated carbocycles. The number of carbonyl (C=O) groups is 3. The lowest BCUT2D eigenvalue weighted by molar-refractivity contribution is -0.463. The molecule has 0 radical (unpaired) electrons. The molecule has 5 nitrogen and oxygen atoms in total. The molecule has 0 aromatic heterocycles. The molecule has 0 N–H and O–H groups in total. The zero-order chi connectivity index (χ0) is 9.75. The third kappa shape index (κ3) is 0.729. The molecule has 0 aromatic rings. The van der Waals surface area contributed by atoms with Crippen molar-refractivity contribution in [1.29, 1.82) is 0 Å². The zero-order valence-electron chi connectivity index (χ0n) is 6.70. The molecule has 1 saturated heterocycles. The van der Waals surface area contributed by atoms with E-state index in [0.29, 0.717) is 4.70 Å². The van der Waals surface area contributed by atoms with Crippen molar-refractivity contribution in [2.75, 3.05) is 0 Å². The Morgan fingerprint density at radius 2 is 2.08 bits per heavy atom. The van der Waals surface area contributed by atoms with Gasteiger partial charge in [0, 0.05) is 0 Å². The summed E-state index contributed by atoms with van der Waals surface area (Å²) in [6.45, 7) is 1.18. The Morgan fingerprint density at radius 3 is 2.46 bits per heavy atom. The molecule has 0 amide bonds. The maximum Gasteiger partial charge on any atom is 0.320 e. The van der Waals surface area contributed by atoms with Crippen LogP contribution in [0, 0.1) is 0 Å². The largest absolute Gasteiger partial charge is 0.493 e. The maximum atomic E-state index is 11.1. The van der Waals surface area contributed by atoms with E-state index in [4.69, 9.17) is 5.53 Å². The summed E-state index contributed by atoms with van der Waals surface area (Å²) in [6.07, 6.45) is 0.964. The summed E-state index contributed by atoms with van der Waals surface area (Å²) in [5.74, 6) is -1.47. The number of nitrogens with zero attached hydrogens (tertiary/aromatic N) is 2. The highest BCUT2D eigenvalue weighted by atomic mass is 16.2. The van der Waals surface area contributed by atoms with Gasteiger partial charge in [-0.3, -0.25) is 14.4 Å². The predicted molar refractivity (Wildman–Crippen MR) is 39.4 cm³/mol. The molecule has 0 atom stereocenters. The number of carbonyl (C=O) groups excluding carboxylic acids is 3. The van der Waals surface area contributed by atoms with E-state index in [2.05, 4.69) is 0 Å². The van der Waals surface area contributed by atoms with Gasteiger partial charge in [-0.15, -0.1) is 0 Å². The van der Waals surface area contributed by atoms with Crippen molar-refractivity contribution in [1.82, 2.24) is 0 Å². The normalized spacial score (nSPS) is 20.1. The van der Waals surface area contributed by atoms with E-state index in [-0.39, 0.29) is 17.0 Å². The van der Waals surface area contributed by atoms with Gasteiger partial charge in [0.2, 0.25) is 5.78 Å². The minimum Gasteiger partial charge on any atom is -0.493 e. The average Bonchev–Trinajstić information content (AvgIpc) is 2.08. The number of ketones is 3. The van der Waals surface area contributed by atoms with Crippen LogP contribution in [0.25, 0.3) is 5.53 Å². The van der Waals surface area contributed by atoms with Crippen LogP contribution >= 0.6 is 0 Å². The summed E-state index contributed by atoms with van der Waals surface area (Å²) >= 11 is 0. The van der Waals surface area contributed by atoms with E-state index in [1.165, 1.54) is 6.92 Å². The second-order valence-corrected chi connectivity index (χ2v) is 2.81. The molecule has 3 aliphatic rings. The monoisotopic (exact) mass is 176 g/mol. The SMILES string of the molecule is CC(=O)C1=C2C(=O)C(=CC1=O)[N+]2=[N-]. The highest BCUT2D eigenvalue weighted by molar-refractivity contribution is 6.33. The fourth-order valence-electron chi connectivity index (χ4n) is 1.38. The standard InChI is InChI=1S/C8H4N2O3/c1-3(11)6-5(12)2-4-8(13)7(6)10(4)9/h2H,1H3. The van der Waals surface area contributed by atoms with Crippen LogP contribution in [-0.2, 0) is 14.4 Å². The molecule has 2 heterocycles. The van der Waals surface area contributed by atoms with Gasteiger partial charge < -0.3 is 5.53 Å². The van der Waals surface area contributed by atoms with Gasteiger partial charge in [0.05, 0.1) is 6.08 Å². The quantitative estimate of drug-likeness (QED) is 0.318. The Balaban J connectivity index is 2.68. The molecule has 1 aliphatic carbocycles. The van der Waals surface area contributed by atoms with E-state index >= 15 is 0 Å². The van der Waals surface area contributed by atoms with Crippen LogP contribution in [-0.4, -0.2) is 22.0 Å². The number of hydrogen-bond acceptors (Lipinski definition) is 3. The van der Waals surface area contributed by atoms with Crippen molar-refractivity contribution in [2.24, 2.45) is 0 Å². The van der Waals surface area contributed by atoms with Gasteiger partial charge in [-0.05, 0) is 6.92 Å². The smallest absolute Gasteiger partial charge is 0.320 e. The third-order valence-electron chi connectivity index (χ3n) is 1.99. The summed E-state index contributed by atoms with van der Waals surface area (Å²) in [7, 11) is 0. The van der Waals surface area contributed by atoms with E-state index in [1.807, 2.05) is 0 Å². The van der Waals surface area contributed by atoms with Crippen LogP contribution in [0.1, 0.15) is 6.92 Å². The van der Waals surface area contributed by atoms with Crippen molar-refractivity contribution in [3.8, 4) is 0 Å². The molecule has 3 rings (SSSR count). The lowest BCUT2D eigenvalue weighted by Gasteiger charge is -2.23. The average molecular weight is 176 g/mol. The molecule has 0 spiro atoms. The van der Waals surface area contributed by atoms with Crippen molar-refractivity contribution in [2.45, 2.75) is 6.92 Å². The van der Waals surface area contributed by atoms with Gasteiger partial charge in [-0.25, -0.2) is 4.70 Å². The first-order valence-electron chi connectivity index (χ1n) is 3.59. The number of allylic oxidation sites excluding steroid dienone is 2. The summed E-state index contributed by atoms with van der Waals surface area (Å²) in [6, 6.07) is 0. The molecule has 2 bridgehead atoms. The lowest BCUT2D eigenvalue weighted by Crippen LogP contribution is -2.40. The van der Waals surface area contributed by atoms with Gasteiger partial charge >= 0.3 is 5.78 Å². The fraction of sp³-hybridized carbons (Fsp3) is 0.125. The molecule has 64 valence electrons. The van der Waals surface area contributed by atoms with E-state index in [1.54, 1.807) is 0 Å². The number of rotatable bonds is 1. The minimum atomic E-state index is -0.512. The Morgan fingerprint density at radius 1 is 1.46 bits per heavy atom. The van der Waals surface area contributed by atoms with Crippen LogP contribution in [0.2, 0.25) is 0 Å². The van der Waals surface area contributed by atoms with Gasteiger partial charge in [0.1, 0.15) is 5.57 Å². The van der Waals surface area contributed by atoms with E-state index in [0.717, 1.165) is 6.08 Å². The topological polar surface area (TPSA) is 76.5 Å². The Hall–Kier alpha value is -1.91.